The molecule has 1 aliphatic rings. The maximum atomic E-state index is 13.0. The predicted octanol–water partition coefficient (Wildman–Crippen LogP) is 3.29. The average Bonchev–Trinajstić information content (AvgIpc) is 2.07. The third-order valence-electron chi connectivity index (χ3n) is 2.17. The van der Waals surface area contributed by atoms with E-state index in [1.165, 1.54) is 0 Å². The number of hydrogen-bond donors (Lipinski definition) is 0. The molecule has 0 aromatic carbocycles. The molecule has 0 saturated carbocycles. The van der Waals surface area contributed by atoms with Gasteiger partial charge in [-0.05, 0) is 5.41 Å². The van der Waals surface area contributed by atoms with Crippen LogP contribution in [0.2, 0.25) is 0 Å². The van der Waals surface area contributed by atoms with Crippen LogP contribution in [0.5, 0.6) is 0 Å². The van der Waals surface area contributed by atoms with Crippen molar-refractivity contribution in [1.82, 2.24) is 0 Å². The van der Waals surface area contributed by atoms with Gasteiger partial charge in [0.25, 0.3) is 0 Å². The van der Waals surface area contributed by atoms with Gasteiger partial charge in [0.1, 0.15) is 6.10 Å². The Labute approximate surface area is 82.4 Å². The maximum absolute atomic E-state index is 13.0. The van der Waals surface area contributed by atoms with Crippen LogP contribution in [0.25, 0.3) is 0 Å². The van der Waals surface area contributed by atoms with Gasteiger partial charge in [0.2, 0.25) is 0 Å². The van der Waals surface area contributed by atoms with Gasteiger partial charge < -0.3 is 4.74 Å². The molecular weight excluding hydrogens is 226 g/mol. The van der Waals surface area contributed by atoms with Crippen molar-refractivity contribution in [2.24, 2.45) is 5.41 Å². The van der Waals surface area contributed by atoms with E-state index in [-0.39, 0.29) is 0 Å². The molecule has 7 heteroatoms. The summed E-state index contributed by atoms with van der Waals surface area (Å²) in [6.07, 6.45) is -7.65. The summed E-state index contributed by atoms with van der Waals surface area (Å²) in [7, 11) is 0. The second-order valence-corrected chi connectivity index (χ2v) is 4.58. The van der Waals surface area contributed by atoms with Gasteiger partial charge >= 0.3 is 18.0 Å². The van der Waals surface area contributed by atoms with Crippen LogP contribution in [0.4, 0.5) is 26.3 Å². The molecular formula is C8H10F6O. The molecule has 0 amide bonds. The molecule has 1 nitrogen and oxygen atoms in total. The van der Waals surface area contributed by atoms with Gasteiger partial charge in [-0.25, -0.2) is 0 Å². The van der Waals surface area contributed by atoms with Crippen molar-refractivity contribution in [2.75, 3.05) is 0 Å². The maximum Gasteiger partial charge on any atom is 0.426 e. The van der Waals surface area contributed by atoms with Crippen LogP contribution in [0.1, 0.15) is 20.8 Å². The minimum absolute atomic E-state index is 1.13. The minimum atomic E-state index is -5.47. The minimum Gasteiger partial charge on any atom is -0.305 e. The van der Waals surface area contributed by atoms with Crippen molar-refractivity contribution in [3.63, 3.8) is 0 Å². The van der Waals surface area contributed by atoms with Crippen molar-refractivity contribution in [1.29, 1.82) is 0 Å². The van der Waals surface area contributed by atoms with E-state index in [4.69, 9.17) is 0 Å². The third-order valence-corrected chi connectivity index (χ3v) is 2.17. The van der Waals surface area contributed by atoms with Crippen molar-refractivity contribution < 1.29 is 31.1 Å². The molecule has 0 radical (unpaired) electrons. The van der Waals surface area contributed by atoms with Gasteiger partial charge in [0.15, 0.2) is 0 Å². The van der Waals surface area contributed by atoms with Crippen molar-refractivity contribution in [3.05, 3.63) is 0 Å². The average molecular weight is 236 g/mol. The standard InChI is InChI=1S/C8H10F6O/c1-5(2,3)4-6(9,10)7(11,12)8(13,14)15-4/h4H,1-3H3. The third kappa shape index (κ3) is 1.51. The fraction of sp³-hybridized carbons (Fsp3) is 1.00. The van der Waals surface area contributed by atoms with Gasteiger partial charge in [0.05, 0.1) is 0 Å². The Hall–Kier alpha value is -0.460. The lowest BCUT2D eigenvalue weighted by atomic mass is 9.84. The highest BCUT2D eigenvalue weighted by atomic mass is 19.4. The lowest BCUT2D eigenvalue weighted by Crippen LogP contribution is -2.51. The van der Waals surface area contributed by atoms with Gasteiger partial charge in [-0.3, -0.25) is 0 Å². The SMILES string of the molecule is CC(C)(C)C1OC(F)(F)C(F)(F)C1(F)F. The summed E-state index contributed by atoms with van der Waals surface area (Å²) in [4.78, 5) is 0. The Morgan fingerprint density at radius 2 is 1.33 bits per heavy atom. The van der Waals surface area contributed by atoms with Crippen LogP contribution in [-0.2, 0) is 4.74 Å². The van der Waals surface area contributed by atoms with E-state index in [1.54, 1.807) is 0 Å². The van der Waals surface area contributed by atoms with Crippen molar-refractivity contribution >= 4 is 0 Å². The summed E-state index contributed by atoms with van der Waals surface area (Å²) < 4.78 is 80.0. The summed E-state index contributed by atoms with van der Waals surface area (Å²) in [6.45, 7) is 3.38. The van der Waals surface area contributed by atoms with Crippen LogP contribution in [0, 0.1) is 5.41 Å². The van der Waals surface area contributed by atoms with E-state index in [2.05, 4.69) is 4.74 Å². The van der Waals surface area contributed by atoms with Crippen LogP contribution in [0.3, 0.4) is 0 Å². The lowest BCUT2D eigenvalue weighted by molar-refractivity contribution is -0.328. The molecule has 90 valence electrons. The van der Waals surface area contributed by atoms with E-state index in [0.717, 1.165) is 20.8 Å². The quantitative estimate of drug-likeness (QED) is 0.586. The highest BCUT2D eigenvalue weighted by Gasteiger charge is 2.83. The lowest BCUT2D eigenvalue weighted by Gasteiger charge is -2.30. The first-order chi connectivity index (χ1) is 6.34. The number of hydrogen-bond acceptors (Lipinski definition) is 1. The first-order valence-electron chi connectivity index (χ1n) is 4.15. The van der Waals surface area contributed by atoms with E-state index in [0.29, 0.717) is 0 Å². The van der Waals surface area contributed by atoms with Crippen molar-refractivity contribution in [2.45, 2.75) is 44.8 Å². The normalized spacial score (nSPS) is 33.0. The highest BCUT2D eigenvalue weighted by molar-refractivity contribution is 5.06. The molecule has 1 saturated heterocycles. The first-order valence-corrected chi connectivity index (χ1v) is 4.15. The molecule has 0 N–H and O–H groups in total. The number of rotatable bonds is 0. The molecule has 0 aromatic heterocycles. The zero-order valence-corrected chi connectivity index (χ0v) is 8.25. The van der Waals surface area contributed by atoms with Gasteiger partial charge in [-0.15, -0.1) is 0 Å². The van der Waals surface area contributed by atoms with Gasteiger partial charge in [0, 0.05) is 0 Å². The smallest absolute Gasteiger partial charge is 0.305 e. The molecule has 1 rings (SSSR count). The summed E-state index contributed by atoms with van der Waals surface area (Å²) in [5, 5.41) is 0. The number of halogens is 6. The zero-order chi connectivity index (χ0) is 12.3. The molecule has 1 aliphatic heterocycles. The van der Waals surface area contributed by atoms with Crippen LogP contribution >= 0.6 is 0 Å². The number of ether oxygens (including phenoxy) is 1. The predicted molar refractivity (Wildman–Crippen MR) is 39.2 cm³/mol. The molecule has 1 fully saturated rings. The molecule has 0 bridgehead atoms. The van der Waals surface area contributed by atoms with Gasteiger partial charge in [-0.1, -0.05) is 20.8 Å². The zero-order valence-electron chi connectivity index (χ0n) is 8.25. The molecule has 0 spiro atoms. The fourth-order valence-electron chi connectivity index (χ4n) is 1.38. The summed E-state index contributed by atoms with van der Waals surface area (Å²) in [6, 6.07) is 0. The van der Waals surface area contributed by atoms with Crippen molar-refractivity contribution in [3.8, 4) is 0 Å². The molecule has 1 unspecified atom stereocenters. The number of alkyl halides is 6. The molecule has 1 atom stereocenters. The van der Waals surface area contributed by atoms with E-state index >= 15 is 0 Å². The Morgan fingerprint density at radius 3 is 1.47 bits per heavy atom. The topological polar surface area (TPSA) is 9.23 Å². The monoisotopic (exact) mass is 236 g/mol. The van der Waals surface area contributed by atoms with E-state index < -0.39 is 29.5 Å². The highest BCUT2D eigenvalue weighted by Crippen LogP contribution is 2.58. The first kappa shape index (κ1) is 12.6. The Bertz CT molecular complexity index is 267. The fourth-order valence-corrected chi connectivity index (χ4v) is 1.38. The second-order valence-electron chi connectivity index (χ2n) is 4.58. The second kappa shape index (κ2) is 2.81. The summed E-state index contributed by atoms with van der Waals surface area (Å²) >= 11 is 0. The van der Waals surface area contributed by atoms with Gasteiger partial charge in [-0.2, -0.15) is 26.3 Å². The summed E-state index contributed by atoms with van der Waals surface area (Å²) in [5.74, 6) is -10.4. The molecule has 15 heavy (non-hydrogen) atoms. The van der Waals surface area contributed by atoms with E-state index in [1.807, 2.05) is 0 Å². The van der Waals surface area contributed by atoms with Crippen LogP contribution in [-0.4, -0.2) is 24.1 Å². The van der Waals surface area contributed by atoms with E-state index in [9.17, 15) is 26.3 Å². The van der Waals surface area contributed by atoms with Crippen LogP contribution < -0.4 is 0 Å². The van der Waals surface area contributed by atoms with Crippen LogP contribution in [0.15, 0.2) is 0 Å². The molecule has 0 aromatic rings. The molecule has 1 heterocycles. The Kier molecular flexibility index (Phi) is 2.36. The Morgan fingerprint density at radius 1 is 0.933 bits per heavy atom. The Balaban J connectivity index is 3.20. The molecule has 0 aliphatic carbocycles. The largest absolute Gasteiger partial charge is 0.426 e. The summed E-state index contributed by atoms with van der Waals surface area (Å²) in [5.41, 5.74) is -1.51.